The SMILES string of the molecule is FC(F)(F)c1cc(-c2cccs2)n2cnnc2c1. The number of hydrogen-bond acceptors (Lipinski definition) is 3. The van der Waals surface area contributed by atoms with E-state index in [1.165, 1.54) is 17.7 Å². The van der Waals surface area contributed by atoms with E-state index < -0.39 is 11.7 Å². The quantitative estimate of drug-likeness (QED) is 0.677. The van der Waals surface area contributed by atoms with Gasteiger partial charge in [-0.2, -0.15) is 13.2 Å². The van der Waals surface area contributed by atoms with E-state index in [-0.39, 0.29) is 5.65 Å². The molecule has 0 atom stereocenters. The smallest absolute Gasteiger partial charge is 0.281 e. The summed E-state index contributed by atoms with van der Waals surface area (Å²) < 4.78 is 39.9. The zero-order chi connectivity index (χ0) is 12.8. The highest BCUT2D eigenvalue weighted by Gasteiger charge is 2.32. The second-order valence-corrected chi connectivity index (χ2v) is 4.61. The van der Waals surface area contributed by atoms with E-state index in [4.69, 9.17) is 0 Å². The Morgan fingerprint density at radius 3 is 2.72 bits per heavy atom. The number of aromatic nitrogens is 3. The molecular weight excluding hydrogens is 263 g/mol. The molecule has 18 heavy (non-hydrogen) atoms. The number of halogens is 3. The minimum Gasteiger partial charge on any atom is -0.281 e. The molecule has 0 unspecified atom stereocenters. The molecule has 3 rings (SSSR count). The van der Waals surface area contributed by atoms with E-state index in [1.807, 2.05) is 5.38 Å². The number of rotatable bonds is 1. The van der Waals surface area contributed by atoms with Gasteiger partial charge in [0.15, 0.2) is 5.65 Å². The van der Waals surface area contributed by atoms with Crippen molar-refractivity contribution in [2.75, 3.05) is 0 Å². The summed E-state index contributed by atoms with van der Waals surface area (Å²) in [6.45, 7) is 0. The molecule has 0 aliphatic heterocycles. The van der Waals surface area contributed by atoms with Crippen LogP contribution in [0.2, 0.25) is 0 Å². The molecular formula is C11H6F3N3S. The second-order valence-electron chi connectivity index (χ2n) is 3.66. The summed E-state index contributed by atoms with van der Waals surface area (Å²) in [4.78, 5) is 0.742. The molecule has 3 heterocycles. The Balaban J connectivity index is 2.32. The van der Waals surface area contributed by atoms with Crippen LogP contribution in [0.1, 0.15) is 5.56 Å². The van der Waals surface area contributed by atoms with Gasteiger partial charge in [-0.25, -0.2) is 0 Å². The standard InChI is InChI=1S/C11H6F3N3S/c12-11(13,14)7-4-8(9-2-1-3-18-9)17-6-15-16-10(17)5-7/h1-6H. The fourth-order valence-electron chi connectivity index (χ4n) is 1.70. The zero-order valence-corrected chi connectivity index (χ0v) is 9.66. The number of thiophene rings is 1. The highest BCUT2D eigenvalue weighted by molar-refractivity contribution is 7.13. The lowest BCUT2D eigenvalue weighted by atomic mass is 10.2. The van der Waals surface area contributed by atoms with Crippen molar-refractivity contribution in [2.24, 2.45) is 0 Å². The van der Waals surface area contributed by atoms with Crippen molar-refractivity contribution in [1.29, 1.82) is 0 Å². The summed E-state index contributed by atoms with van der Waals surface area (Å²) in [5.74, 6) is 0. The third-order valence-electron chi connectivity index (χ3n) is 2.51. The Labute approximate surface area is 104 Å². The third kappa shape index (κ3) is 1.76. The lowest BCUT2D eigenvalue weighted by molar-refractivity contribution is -0.137. The highest BCUT2D eigenvalue weighted by atomic mass is 32.1. The van der Waals surface area contributed by atoms with Crippen LogP contribution in [-0.2, 0) is 6.18 Å². The van der Waals surface area contributed by atoms with E-state index in [1.54, 1.807) is 16.5 Å². The molecule has 7 heteroatoms. The van der Waals surface area contributed by atoms with Gasteiger partial charge in [0.05, 0.1) is 16.1 Å². The first kappa shape index (κ1) is 11.2. The van der Waals surface area contributed by atoms with Gasteiger partial charge in [-0.3, -0.25) is 4.40 Å². The molecule has 0 N–H and O–H groups in total. The Hall–Kier alpha value is -1.89. The Bertz CT molecular complexity index is 685. The van der Waals surface area contributed by atoms with Crippen LogP contribution in [0.15, 0.2) is 36.0 Å². The van der Waals surface area contributed by atoms with Crippen molar-refractivity contribution < 1.29 is 13.2 Å². The van der Waals surface area contributed by atoms with Gasteiger partial charge in [-0.1, -0.05) is 6.07 Å². The minimum atomic E-state index is -4.39. The van der Waals surface area contributed by atoms with Gasteiger partial charge in [-0.05, 0) is 23.6 Å². The molecule has 0 aliphatic rings. The largest absolute Gasteiger partial charge is 0.416 e. The Morgan fingerprint density at radius 1 is 1.22 bits per heavy atom. The molecule has 3 aromatic rings. The molecule has 92 valence electrons. The van der Waals surface area contributed by atoms with Crippen molar-refractivity contribution >= 4 is 17.0 Å². The van der Waals surface area contributed by atoms with Crippen molar-refractivity contribution in [3.8, 4) is 10.6 Å². The molecule has 0 saturated heterocycles. The van der Waals surface area contributed by atoms with Gasteiger partial charge in [-0.15, -0.1) is 21.5 Å². The minimum absolute atomic E-state index is 0.188. The molecule has 0 spiro atoms. The van der Waals surface area contributed by atoms with E-state index in [0.717, 1.165) is 17.0 Å². The first-order chi connectivity index (χ1) is 8.55. The summed E-state index contributed by atoms with van der Waals surface area (Å²) in [5, 5.41) is 9.14. The Morgan fingerprint density at radius 2 is 2.06 bits per heavy atom. The third-order valence-corrected chi connectivity index (χ3v) is 3.40. The summed E-state index contributed by atoms with van der Waals surface area (Å²) in [6, 6.07) is 5.66. The summed E-state index contributed by atoms with van der Waals surface area (Å²) in [5.41, 5.74) is -0.0838. The molecule has 3 aromatic heterocycles. The second kappa shape index (κ2) is 3.81. The monoisotopic (exact) mass is 269 g/mol. The number of hydrogen-bond donors (Lipinski definition) is 0. The van der Waals surface area contributed by atoms with Gasteiger partial charge in [0.2, 0.25) is 0 Å². The van der Waals surface area contributed by atoms with Crippen LogP contribution in [0.4, 0.5) is 13.2 Å². The zero-order valence-electron chi connectivity index (χ0n) is 8.85. The fraction of sp³-hybridized carbons (Fsp3) is 0.0909. The van der Waals surface area contributed by atoms with Gasteiger partial charge in [0, 0.05) is 0 Å². The van der Waals surface area contributed by atoms with Crippen LogP contribution >= 0.6 is 11.3 Å². The average Bonchev–Trinajstić information content (AvgIpc) is 2.97. The number of alkyl halides is 3. The lowest BCUT2D eigenvalue weighted by Crippen LogP contribution is -2.06. The highest BCUT2D eigenvalue weighted by Crippen LogP contribution is 2.34. The van der Waals surface area contributed by atoms with E-state index in [0.29, 0.717) is 5.69 Å². The summed E-state index contributed by atoms with van der Waals surface area (Å²) in [6.07, 6.45) is -2.98. The normalized spacial score (nSPS) is 12.2. The van der Waals surface area contributed by atoms with Crippen molar-refractivity contribution in [3.63, 3.8) is 0 Å². The van der Waals surface area contributed by atoms with E-state index in [9.17, 15) is 13.2 Å². The summed E-state index contributed by atoms with van der Waals surface area (Å²) >= 11 is 1.37. The first-order valence-electron chi connectivity index (χ1n) is 5.00. The predicted octanol–water partition coefficient (Wildman–Crippen LogP) is 3.48. The maximum atomic E-state index is 12.8. The van der Waals surface area contributed by atoms with Crippen molar-refractivity contribution in [2.45, 2.75) is 6.18 Å². The van der Waals surface area contributed by atoms with Crippen molar-refractivity contribution in [1.82, 2.24) is 14.6 Å². The molecule has 0 radical (unpaired) electrons. The first-order valence-corrected chi connectivity index (χ1v) is 5.88. The van der Waals surface area contributed by atoms with Crippen LogP contribution in [-0.4, -0.2) is 14.6 Å². The van der Waals surface area contributed by atoms with E-state index >= 15 is 0 Å². The van der Waals surface area contributed by atoms with Crippen LogP contribution in [0.5, 0.6) is 0 Å². The van der Waals surface area contributed by atoms with Crippen LogP contribution in [0.25, 0.3) is 16.2 Å². The molecule has 0 saturated carbocycles. The van der Waals surface area contributed by atoms with Gasteiger partial charge in [0.1, 0.15) is 6.33 Å². The topological polar surface area (TPSA) is 30.2 Å². The summed E-state index contributed by atoms with van der Waals surface area (Å²) in [7, 11) is 0. The predicted molar refractivity (Wildman–Crippen MR) is 61.3 cm³/mol. The van der Waals surface area contributed by atoms with Gasteiger partial charge < -0.3 is 0 Å². The van der Waals surface area contributed by atoms with Crippen LogP contribution in [0.3, 0.4) is 0 Å². The Kier molecular flexibility index (Phi) is 2.37. The molecule has 0 aromatic carbocycles. The molecule has 0 aliphatic carbocycles. The van der Waals surface area contributed by atoms with E-state index in [2.05, 4.69) is 10.2 Å². The lowest BCUT2D eigenvalue weighted by Gasteiger charge is -2.09. The maximum Gasteiger partial charge on any atom is 0.416 e. The maximum absolute atomic E-state index is 12.8. The molecule has 0 bridgehead atoms. The van der Waals surface area contributed by atoms with Crippen molar-refractivity contribution in [3.05, 3.63) is 41.5 Å². The molecule has 0 fully saturated rings. The van der Waals surface area contributed by atoms with Crippen LogP contribution < -0.4 is 0 Å². The number of fused-ring (bicyclic) bond motifs is 1. The molecule has 0 amide bonds. The van der Waals surface area contributed by atoms with Gasteiger partial charge in [0.25, 0.3) is 0 Å². The molecule has 3 nitrogen and oxygen atoms in total. The van der Waals surface area contributed by atoms with Crippen LogP contribution in [0, 0.1) is 0 Å². The average molecular weight is 269 g/mol. The number of pyridine rings is 1. The van der Waals surface area contributed by atoms with Gasteiger partial charge >= 0.3 is 6.18 Å². The fourth-order valence-corrected chi connectivity index (χ4v) is 2.44. The number of nitrogens with zero attached hydrogens (tertiary/aromatic N) is 3.